The second-order valence-corrected chi connectivity index (χ2v) is 21.1. The Bertz CT molecular complexity index is 2240. The van der Waals surface area contributed by atoms with Crippen molar-refractivity contribution in [3.8, 4) is 16.9 Å². The molecule has 3 aromatic carbocycles. The third kappa shape index (κ3) is 9.12. The number of hydrogen-bond donors (Lipinski definition) is 3. The number of alkyl carbamates (subject to hydrolysis) is 2. The lowest BCUT2D eigenvalue weighted by Gasteiger charge is -2.62. The van der Waals surface area contributed by atoms with Crippen LogP contribution >= 0.6 is 0 Å². The normalized spacial score (nSPS) is 29.9. The molecule has 2 spiro atoms. The molecule has 14 heteroatoms. The minimum Gasteiger partial charge on any atom is -0.449 e. The number of ether oxygens (including phenoxy) is 4. The Morgan fingerprint density at radius 3 is 2.17 bits per heavy atom. The molecule has 4 amide bonds. The van der Waals surface area contributed by atoms with Crippen LogP contribution in [0.2, 0.25) is 0 Å². The molecule has 2 heterocycles. The van der Waals surface area contributed by atoms with Gasteiger partial charge >= 0.3 is 18.3 Å². The second-order valence-electron chi connectivity index (χ2n) is 21.1. The molecule has 3 N–H and O–H groups in total. The van der Waals surface area contributed by atoms with Crippen molar-refractivity contribution in [2.24, 2.45) is 17.8 Å². The van der Waals surface area contributed by atoms with Crippen LogP contribution in [0.5, 0.6) is 5.75 Å². The molecule has 7 fully saturated rings. The number of carbonyl (C=O) groups excluding carboxylic acids is 4. The van der Waals surface area contributed by atoms with Crippen LogP contribution in [0.15, 0.2) is 72.8 Å². The van der Waals surface area contributed by atoms with Crippen LogP contribution in [0.3, 0.4) is 0 Å². The van der Waals surface area contributed by atoms with Crippen LogP contribution < -0.4 is 20.7 Å². The zero-order chi connectivity index (χ0) is 45.7. The van der Waals surface area contributed by atoms with E-state index < -0.39 is 35.5 Å². The maximum atomic E-state index is 13.2. The summed E-state index contributed by atoms with van der Waals surface area (Å²) < 4.78 is 24.0. The van der Waals surface area contributed by atoms with Crippen molar-refractivity contribution in [3.63, 3.8) is 0 Å². The largest absolute Gasteiger partial charge is 0.449 e. The van der Waals surface area contributed by atoms with Crippen LogP contribution in [0.1, 0.15) is 133 Å². The van der Waals surface area contributed by atoms with Gasteiger partial charge in [0.1, 0.15) is 18.0 Å². The smallest absolute Gasteiger partial charge is 0.415 e. The molecule has 3 aromatic rings. The maximum Gasteiger partial charge on any atom is 0.415 e. The second kappa shape index (κ2) is 17.8. The van der Waals surface area contributed by atoms with Crippen molar-refractivity contribution in [1.29, 1.82) is 0 Å². The number of benzene rings is 3. The summed E-state index contributed by atoms with van der Waals surface area (Å²) in [6.07, 6.45) is 8.62. The van der Waals surface area contributed by atoms with Crippen molar-refractivity contribution < 1.29 is 47.9 Å². The molecule has 0 radical (unpaired) electrons. The molecule has 3 unspecified atom stereocenters. The van der Waals surface area contributed by atoms with E-state index in [-0.39, 0.29) is 47.8 Å². The summed E-state index contributed by atoms with van der Waals surface area (Å²) in [4.78, 5) is 65.8. The molecule has 2 saturated heterocycles. The average Bonchev–Trinajstić information content (AvgIpc) is 3.81. The van der Waals surface area contributed by atoms with Gasteiger partial charge in [-0.2, -0.15) is 9.78 Å². The van der Waals surface area contributed by atoms with E-state index in [1.54, 1.807) is 4.90 Å². The maximum absolute atomic E-state index is 13.2. The summed E-state index contributed by atoms with van der Waals surface area (Å²) in [6.45, 7) is 7.04. The lowest BCUT2D eigenvalue weighted by Crippen LogP contribution is -2.69. The predicted octanol–water partition coefficient (Wildman–Crippen LogP) is 9.22. The Balaban J connectivity index is 0.670. The minimum absolute atomic E-state index is 0.00282. The van der Waals surface area contributed by atoms with Crippen LogP contribution in [-0.4, -0.2) is 84.1 Å². The van der Waals surface area contributed by atoms with Crippen molar-refractivity contribution in [3.05, 3.63) is 89.5 Å². The Morgan fingerprint density at radius 2 is 1.48 bits per heavy atom. The minimum atomic E-state index is -0.840. The van der Waals surface area contributed by atoms with Crippen molar-refractivity contribution in [2.45, 2.75) is 145 Å². The van der Waals surface area contributed by atoms with E-state index in [0.717, 1.165) is 56.9 Å². The highest BCUT2D eigenvalue weighted by molar-refractivity contribution is 5.79. The first kappa shape index (κ1) is 44.6. The third-order valence-electron chi connectivity index (χ3n) is 15.3. The fraction of sp³-hybridized carbons (Fsp3) is 0.577. The number of rotatable bonds is 10. The van der Waals surface area contributed by atoms with Crippen LogP contribution in [0, 0.1) is 17.8 Å². The summed E-state index contributed by atoms with van der Waals surface area (Å²) in [6, 6.07) is 24.2. The number of piperidine rings is 1. The molecule has 352 valence electrons. The molecule has 6 aliphatic carbocycles. The van der Waals surface area contributed by atoms with E-state index in [0.29, 0.717) is 63.4 Å². The summed E-state index contributed by atoms with van der Waals surface area (Å²) in [5, 5.41) is 9.19. The molecule has 4 bridgehead atoms. The van der Waals surface area contributed by atoms with Gasteiger partial charge in [-0.15, -0.1) is 0 Å². The number of likely N-dealkylation sites (tertiary alicyclic amines) is 1. The first-order valence-corrected chi connectivity index (χ1v) is 24.3. The topological polar surface area (TPSA) is 163 Å². The van der Waals surface area contributed by atoms with Gasteiger partial charge in [0, 0.05) is 68.2 Å². The number of nitrogens with zero attached hydrogens (tertiary/aromatic N) is 1. The van der Waals surface area contributed by atoms with Gasteiger partial charge in [-0.1, -0.05) is 60.7 Å². The molecule has 11 rings (SSSR count). The quantitative estimate of drug-likeness (QED) is 0.132. The molecule has 2 aliphatic heterocycles. The summed E-state index contributed by atoms with van der Waals surface area (Å²) in [7, 11) is 0. The fourth-order valence-electron chi connectivity index (χ4n) is 12.6. The van der Waals surface area contributed by atoms with Crippen molar-refractivity contribution in [2.75, 3.05) is 26.2 Å². The SMILES string of the molecule is CC(C)(C)OC(=O)NCCCC(=O)NC12CC3CC(C1)C1(OO[C@@]4(CCCC(c5ccc(OC(=O)N6CCC(NC(=O)OCC7c8ccccc8-c8ccccc87)CC6)cc5)C4)O1)C(C3)C2. The van der Waals surface area contributed by atoms with E-state index in [2.05, 4.69) is 40.2 Å². The first-order chi connectivity index (χ1) is 31.8. The first-order valence-electron chi connectivity index (χ1n) is 24.3. The summed E-state index contributed by atoms with van der Waals surface area (Å²) in [5.41, 5.74) is 5.01. The van der Waals surface area contributed by atoms with Crippen LogP contribution in [-0.2, 0) is 28.8 Å². The number of carbonyl (C=O) groups is 4. The van der Waals surface area contributed by atoms with Crippen LogP contribution in [0.4, 0.5) is 14.4 Å². The summed E-state index contributed by atoms with van der Waals surface area (Å²) >= 11 is 0. The van der Waals surface area contributed by atoms with Gasteiger partial charge in [0.2, 0.25) is 17.5 Å². The van der Waals surface area contributed by atoms with E-state index in [4.69, 9.17) is 28.7 Å². The third-order valence-corrected chi connectivity index (χ3v) is 15.3. The highest BCUT2D eigenvalue weighted by atomic mass is 17.3. The van der Waals surface area contributed by atoms with Crippen molar-refractivity contribution >= 4 is 24.2 Å². The Labute approximate surface area is 387 Å². The van der Waals surface area contributed by atoms with Gasteiger partial charge in [-0.3, -0.25) is 4.79 Å². The zero-order valence-electron chi connectivity index (χ0n) is 38.4. The van der Waals surface area contributed by atoms with Gasteiger partial charge < -0.3 is 39.8 Å². The standard InChI is InChI=1S/C52H64N4O10/c1-49(2,3)63-46(58)53-23-9-15-45(57)55-50-28-33-26-36(30-50)52(37(27-33)31-50)64-51(65-66-52)22-8-10-35(29-51)34-16-18-39(19-17-34)62-48(60)56-24-20-38(21-25-56)54-47(59)61-32-44-42-13-6-4-11-40(42)41-12-5-7-14-43(41)44/h4-7,11-14,16-19,33,35-38,44H,8-10,15,20-32H2,1-3H3,(H,53,58)(H,54,59)(H,55,57)/t33?,35?,36?,37?,50?,51-,52?/m1/s1. The van der Waals surface area contributed by atoms with E-state index in [1.165, 1.54) is 22.3 Å². The number of amides is 4. The fourth-order valence-corrected chi connectivity index (χ4v) is 12.6. The summed E-state index contributed by atoms with van der Waals surface area (Å²) in [5.74, 6) is -0.241. The van der Waals surface area contributed by atoms with E-state index in [9.17, 15) is 19.2 Å². The Hall–Kier alpha value is -5.18. The van der Waals surface area contributed by atoms with Gasteiger partial charge in [-0.05, 0) is 137 Å². The molecular formula is C52H64N4O10. The molecule has 14 nitrogen and oxygen atoms in total. The zero-order valence-corrected chi connectivity index (χ0v) is 38.4. The van der Waals surface area contributed by atoms with Crippen molar-refractivity contribution in [1.82, 2.24) is 20.9 Å². The lowest BCUT2D eigenvalue weighted by atomic mass is 9.50. The van der Waals surface area contributed by atoms with E-state index >= 15 is 0 Å². The molecule has 8 aliphatic rings. The highest BCUT2D eigenvalue weighted by Gasteiger charge is 2.70. The number of fused-ring (bicyclic) bond motifs is 3. The van der Waals surface area contributed by atoms with Crippen LogP contribution in [0.25, 0.3) is 11.1 Å². The van der Waals surface area contributed by atoms with Gasteiger partial charge in [0.05, 0.1) is 0 Å². The monoisotopic (exact) mass is 904 g/mol. The lowest BCUT2D eigenvalue weighted by molar-refractivity contribution is -0.391. The predicted molar refractivity (Wildman–Crippen MR) is 243 cm³/mol. The highest BCUT2D eigenvalue weighted by Crippen LogP contribution is 2.65. The molecule has 66 heavy (non-hydrogen) atoms. The molecular weight excluding hydrogens is 841 g/mol. The number of hydrogen-bond acceptors (Lipinski definition) is 10. The Morgan fingerprint density at radius 1 is 0.803 bits per heavy atom. The number of nitrogens with one attached hydrogen (secondary N) is 3. The van der Waals surface area contributed by atoms with Gasteiger partial charge in [0.15, 0.2) is 0 Å². The molecule has 5 saturated carbocycles. The van der Waals surface area contributed by atoms with E-state index in [1.807, 2.05) is 69.3 Å². The molecule has 4 atom stereocenters. The Kier molecular flexibility index (Phi) is 12.0. The van der Waals surface area contributed by atoms with Gasteiger partial charge in [0.25, 0.3) is 0 Å². The molecule has 0 aromatic heterocycles. The average molecular weight is 905 g/mol. The van der Waals surface area contributed by atoms with Gasteiger partial charge in [-0.25, -0.2) is 14.4 Å².